The van der Waals surface area contributed by atoms with Gasteiger partial charge in [0.05, 0.1) is 11.6 Å². The van der Waals surface area contributed by atoms with Crippen LogP contribution in [0, 0.1) is 0 Å². The van der Waals surface area contributed by atoms with Crippen LogP contribution in [0.1, 0.15) is 29.0 Å². The van der Waals surface area contributed by atoms with Crippen molar-refractivity contribution in [2.45, 2.75) is 13.0 Å². The van der Waals surface area contributed by atoms with E-state index in [0.29, 0.717) is 0 Å². The number of hydrogen-bond donors (Lipinski definition) is 2. The van der Waals surface area contributed by atoms with Crippen molar-refractivity contribution in [2.24, 2.45) is 0 Å². The highest BCUT2D eigenvalue weighted by Crippen LogP contribution is 2.21. The minimum Gasteiger partial charge on any atom is -0.369 e. The Labute approximate surface area is 65.6 Å². The number of nitrogens with one attached hydrogen (secondary N) is 2. The van der Waals surface area contributed by atoms with Crippen molar-refractivity contribution in [3.63, 3.8) is 0 Å². The third-order valence-electron chi connectivity index (χ3n) is 2.01. The van der Waals surface area contributed by atoms with E-state index in [1.54, 1.807) is 0 Å². The number of amides is 1. The maximum absolute atomic E-state index is 11.2. The molecule has 0 fully saturated rings. The molecule has 56 valence electrons. The topological polar surface area (TPSA) is 44.9 Å². The van der Waals surface area contributed by atoms with Gasteiger partial charge in [0.15, 0.2) is 7.85 Å². The van der Waals surface area contributed by atoms with Gasteiger partial charge >= 0.3 is 0 Å². The molecule has 2 heterocycles. The number of carbonyl (C=O) groups excluding carboxylic acids is 1. The Bertz CT molecular complexity index is 318. The highest BCUT2D eigenvalue weighted by Gasteiger charge is 2.26. The first-order chi connectivity index (χ1) is 5.18. The smallest absolute Gasteiger partial charge is 0.253 e. The van der Waals surface area contributed by atoms with Crippen LogP contribution in [0.25, 0.3) is 0 Å². The molecule has 2 rings (SSSR count). The summed E-state index contributed by atoms with van der Waals surface area (Å²) in [6.45, 7) is 1.97. The fourth-order valence-corrected chi connectivity index (χ4v) is 1.49. The van der Waals surface area contributed by atoms with Crippen LogP contribution in [0.3, 0.4) is 0 Å². The quantitative estimate of drug-likeness (QED) is 0.459. The van der Waals surface area contributed by atoms with Gasteiger partial charge < -0.3 is 10.3 Å². The van der Waals surface area contributed by atoms with E-state index >= 15 is 0 Å². The molecule has 0 saturated carbocycles. The Hall–Kier alpha value is -1.19. The Morgan fingerprint density at radius 1 is 1.64 bits per heavy atom. The summed E-state index contributed by atoms with van der Waals surface area (Å²) in [5, 5.41) is 2.82. The lowest BCUT2D eigenvalue weighted by molar-refractivity contribution is 0.0958. The van der Waals surface area contributed by atoms with Crippen LogP contribution in [0.4, 0.5) is 0 Å². The van der Waals surface area contributed by atoms with Gasteiger partial charge in [-0.15, -0.1) is 0 Å². The van der Waals surface area contributed by atoms with Crippen LogP contribution in [0.5, 0.6) is 0 Å². The molecule has 1 aromatic heterocycles. The van der Waals surface area contributed by atoms with Gasteiger partial charge in [-0.1, -0.05) is 0 Å². The minimum absolute atomic E-state index is 0.0388. The van der Waals surface area contributed by atoms with E-state index in [1.807, 2.05) is 20.8 Å². The van der Waals surface area contributed by atoms with Crippen molar-refractivity contribution in [3.8, 4) is 0 Å². The molecule has 0 spiro atoms. The van der Waals surface area contributed by atoms with E-state index in [2.05, 4.69) is 10.3 Å². The summed E-state index contributed by atoms with van der Waals surface area (Å²) >= 11 is 0. The van der Waals surface area contributed by atoms with Gasteiger partial charge in [0.2, 0.25) is 0 Å². The van der Waals surface area contributed by atoms with Crippen molar-refractivity contribution in [2.75, 3.05) is 0 Å². The van der Waals surface area contributed by atoms with Crippen molar-refractivity contribution in [1.29, 1.82) is 0 Å². The van der Waals surface area contributed by atoms with E-state index in [4.69, 9.17) is 0 Å². The molecule has 1 aromatic rings. The summed E-state index contributed by atoms with van der Waals surface area (Å²) in [7, 11) is 1.96. The molecular weight excluding hydrogens is 139 g/mol. The number of H-pyrrole nitrogens is 1. The molecule has 0 saturated heterocycles. The standard InChI is InChI=1S/C7H9BN2O/c1-3-6-4(7(11)9-3)2-5(8)10-6/h2-3,10H,8H2,1H3,(H,9,11)/t3-/m1/s1. The zero-order chi connectivity index (χ0) is 8.01. The average Bonchev–Trinajstić information content (AvgIpc) is 2.38. The van der Waals surface area contributed by atoms with E-state index in [-0.39, 0.29) is 11.9 Å². The monoisotopic (exact) mass is 148 g/mol. The molecule has 1 aliphatic heterocycles. The van der Waals surface area contributed by atoms with Crippen molar-refractivity contribution < 1.29 is 4.79 Å². The first-order valence-corrected chi connectivity index (χ1v) is 3.69. The van der Waals surface area contributed by atoms with Crippen LogP contribution in [0.15, 0.2) is 6.07 Å². The molecule has 1 aliphatic rings. The Morgan fingerprint density at radius 2 is 2.36 bits per heavy atom. The van der Waals surface area contributed by atoms with Gasteiger partial charge in [-0.2, -0.15) is 0 Å². The third kappa shape index (κ3) is 0.787. The SMILES string of the molecule is Bc1cc2c([nH]1)[C@@H](C)NC2=O. The summed E-state index contributed by atoms with van der Waals surface area (Å²) in [5.74, 6) is 0.0388. The molecule has 1 atom stereocenters. The van der Waals surface area contributed by atoms with Crippen LogP contribution in [0.2, 0.25) is 0 Å². The lowest BCUT2D eigenvalue weighted by atomic mass is 10.1. The van der Waals surface area contributed by atoms with Gasteiger partial charge in [-0.3, -0.25) is 4.79 Å². The van der Waals surface area contributed by atoms with E-state index in [0.717, 1.165) is 16.9 Å². The Kier molecular flexibility index (Phi) is 1.13. The van der Waals surface area contributed by atoms with Crippen LogP contribution in [-0.2, 0) is 0 Å². The van der Waals surface area contributed by atoms with E-state index < -0.39 is 0 Å². The molecule has 0 aliphatic carbocycles. The van der Waals surface area contributed by atoms with Crippen LogP contribution in [-0.4, -0.2) is 18.7 Å². The number of hydrogen-bond acceptors (Lipinski definition) is 1. The fourth-order valence-electron chi connectivity index (χ4n) is 1.49. The van der Waals surface area contributed by atoms with Crippen LogP contribution < -0.4 is 10.9 Å². The summed E-state index contributed by atoms with van der Waals surface area (Å²) in [5.41, 5.74) is 2.87. The normalized spacial score (nSPS) is 21.5. The predicted octanol–water partition coefficient (Wildman–Crippen LogP) is -0.923. The van der Waals surface area contributed by atoms with Gasteiger partial charge in [0, 0.05) is 5.69 Å². The molecule has 0 unspecified atom stereocenters. The second-order valence-electron chi connectivity index (χ2n) is 2.97. The van der Waals surface area contributed by atoms with Crippen molar-refractivity contribution in [1.82, 2.24) is 10.3 Å². The number of aromatic nitrogens is 1. The lowest BCUT2D eigenvalue weighted by Gasteiger charge is -2.00. The summed E-state index contributed by atoms with van der Waals surface area (Å²) < 4.78 is 0. The molecule has 1 amide bonds. The summed E-state index contributed by atoms with van der Waals surface area (Å²) in [6.07, 6.45) is 0. The zero-order valence-electron chi connectivity index (χ0n) is 6.56. The third-order valence-corrected chi connectivity index (χ3v) is 2.01. The highest BCUT2D eigenvalue weighted by atomic mass is 16.2. The van der Waals surface area contributed by atoms with Gasteiger partial charge in [-0.05, 0) is 18.6 Å². The predicted molar refractivity (Wildman–Crippen MR) is 44.9 cm³/mol. The molecule has 0 radical (unpaired) electrons. The summed E-state index contributed by atoms with van der Waals surface area (Å²) in [4.78, 5) is 14.3. The zero-order valence-corrected chi connectivity index (χ0v) is 6.56. The lowest BCUT2D eigenvalue weighted by Crippen LogP contribution is -2.19. The maximum atomic E-state index is 11.2. The van der Waals surface area contributed by atoms with E-state index in [1.165, 1.54) is 0 Å². The number of rotatable bonds is 0. The van der Waals surface area contributed by atoms with Crippen molar-refractivity contribution in [3.05, 3.63) is 17.3 Å². The fraction of sp³-hybridized carbons (Fsp3) is 0.286. The average molecular weight is 148 g/mol. The van der Waals surface area contributed by atoms with Crippen molar-refractivity contribution >= 4 is 19.3 Å². The number of aromatic amines is 1. The largest absolute Gasteiger partial charge is 0.369 e. The molecule has 0 bridgehead atoms. The summed E-state index contributed by atoms with van der Waals surface area (Å²) in [6, 6.07) is 2.03. The second kappa shape index (κ2) is 1.90. The van der Waals surface area contributed by atoms with Gasteiger partial charge in [-0.25, -0.2) is 0 Å². The molecule has 11 heavy (non-hydrogen) atoms. The number of carbonyl (C=O) groups is 1. The Morgan fingerprint density at radius 3 is 3.00 bits per heavy atom. The first kappa shape index (κ1) is 6.52. The molecular formula is C7H9BN2O. The molecule has 3 nitrogen and oxygen atoms in total. The first-order valence-electron chi connectivity index (χ1n) is 3.69. The minimum atomic E-state index is 0.0388. The molecule has 0 aromatic carbocycles. The van der Waals surface area contributed by atoms with Gasteiger partial charge in [0.25, 0.3) is 5.91 Å². The highest BCUT2D eigenvalue weighted by molar-refractivity contribution is 6.31. The number of fused-ring (bicyclic) bond motifs is 1. The Balaban J connectivity index is 2.58. The molecule has 2 N–H and O–H groups in total. The second-order valence-corrected chi connectivity index (χ2v) is 2.97. The maximum Gasteiger partial charge on any atom is 0.253 e. The molecule has 4 heteroatoms. The van der Waals surface area contributed by atoms with Crippen LogP contribution >= 0.6 is 0 Å². The van der Waals surface area contributed by atoms with E-state index in [9.17, 15) is 4.79 Å². The van der Waals surface area contributed by atoms with Gasteiger partial charge in [0.1, 0.15) is 0 Å².